The lowest BCUT2D eigenvalue weighted by atomic mass is 10.0. The van der Waals surface area contributed by atoms with Gasteiger partial charge < -0.3 is 10.6 Å². The Bertz CT molecular complexity index is 497. The summed E-state index contributed by atoms with van der Waals surface area (Å²) in [5, 5.41) is 5.73. The summed E-state index contributed by atoms with van der Waals surface area (Å²) >= 11 is 0. The molecule has 1 aromatic carbocycles. The van der Waals surface area contributed by atoms with Crippen LogP contribution in [-0.4, -0.2) is 19.0 Å². The van der Waals surface area contributed by atoms with Crippen LogP contribution in [0.4, 0.5) is 10.1 Å². The number of nitrogens with one attached hydrogen (secondary N) is 2. The molecule has 1 fully saturated rings. The zero-order chi connectivity index (χ0) is 15.0. The van der Waals surface area contributed by atoms with E-state index in [-0.39, 0.29) is 18.1 Å². The predicted octanol–water partition coefficient (Wildman–Crippen LogP) is 3.04. The number of anilines is 1. The van der Waals surface area contributed by atoms with E-state index in [0.29, 0.717) is 16.7 Å². The number of benzene rings is 1. The molecule has 0 radical (unpaired) electrons. The second kappa shape index (κ2) is 5.17. The van der Waals surface area contributed by atoms with Crippen LogP contribution < -0.4 is 10.6 Å². The van der Waals surface area contributed by atoms with Crippen LogP contribution in [0.3, 0.4) is 0 Å². The number of hydrogen-bond donors (Lipinski definition) is 2. The number of para-hydroxylation sites is 1. The summed E-state index contributed by atoms with van der Waals surface area (Å²) in [5.41, 5.74) is 0.843. The number of amides is 1. The number of carbonyl (C=O) groups is 1. The minimum atomic E-state index is -0.412. The Labute approximate surface area is 120 Å². The lowest BCUT2D eigenvalue weighted by Crippen LogP contribution is -2.30. The van der Waals surface area contributed by atoms with Crippen molar-refractivity contribution in [1.82, 2.24) is 5.32 Å². The molecule has 0 atom stereocenters. The quantitative estimate of drug-likeness (QED) is 0.869. The van der Waals surface area contributed by atoms with E-state index >= 15 is 0 Å². The maximum absolute atomic E-state index is 13.4. The van der Waals surface area contributed by atoms with E-state index in [4.69, 9.17) is 0 Å². The van der Waals surface area contributed by atoms with Gasteiger partial charge in [-0.1, -0.05) is 39.8 Å². The molecule has 0 aromatic heterocycles. The van der Waals surface area contributed by atoms with E-state index in [2.05, 4.69) is 38.3 Å². The van der Waals surface area contributed by atoms with E-state index in [1.54, 1.807) is 18.2 Å². The first kappa shape index (κ1) is 15.0. The van der Waals surface area contributed by atoms with Crippen molar-refractivity contribution >= 4 is 11.6 Å². The molecule has 1 aromatic rings. The maximum Gasteiger partial charge on any atom is 0.238 e. The Morgan fingerprint density at radius 1 is 1.20 bits per heavy atom. The zero-order valence-corrected chi connectivity index (χ0v) is 12.6. The van der Waals surface area contributed by atoms with Gasteiger partial charge in [0.25, 0.3) is 0 Å². The van der Waals surface area contributed by atoms with Gasteiger partial charge in [-0.25, -0.2) is 4.39 Å². The lowest BCUT2D eigenvalue weighted by molar-refractivity contribution is -0.115. The van der Waals surface area contributed by atoms with Crippen LogP contribution in [0.15, 0.2) is 24.3 Å². The Hall–Kier alpha value is -1.42. The van der Waals surface area contributed by atoms with E-state index in [1.807, 2.05) is 0 Å². The molecular formula is C16H23FN2O. The van der Waals surface area contributed by atoms with Crippen LogP contribution >= 0.6 is 0 Å². The highest BCUT2D eigenvalue weighted by atomic mass is 19.1. The van der Waals surface area contributed by atoms with E-state index in [1.165, 1.54) is 6.07 Å². The molecule has 1 aliphatic rings. The Kier molecular flexibility index (Phi) is 3.87. The lowest BCUT2D eigenvalue weighted by Gasteiger charge is -2.08. The largest absolute Gasteiger partial charge is 0.322 e. The van der Waals surface area contributed by atoms with Gasteiger partial charge in [-0.2, -0.15) is 0 Å². The fourth-order valence-corrected chi connectivity index (χ4v) is 2.93. The molecule has 0 bridgehead atoms. The van der Waals surface area contributed by atoms with E-state index in [0.717, 1.165) is 6.54 Å². The van der Waals surface area contributed by atoms with Crippen molar-refractivity contribution < 1.29 is 9.18 Å². The topological polar surface area (TPSA) is 41.1 Å². The second-order valence-corrected chi connectivity index (χ2v) is 6.65. The van der Waals surface area contributed by atoms with Crippen molar-refractivity contribution in [3.8, 4) is 0 Å². The van der Waals surface area contributed by atoms with Gasteiger partial charge in [0.15, 0.2) is 0 Å². The van der Waals surface area contributed by atoms with Gasteiger partial charge in [0.2, 0.25) is 5.91 Å². The summed E-state index contributed by atoms with van der Waals surface area (Å²) in [4.78, 5) is 11.7. The summed E-state index contributed by atoms with van der Waals surface area (Å²) < 4.78 is 13.4. The van der Waals surface area contributed by atoms with Crippen molar-refractivity contribution in [3.63, 3.8) is 0 Å². The molecule has 4 heteroatoms. The first-order chi connectivity index (χ1) is 9.26. The molecule has 1 amide bonds. The number of carbonyl (C=O) groups excluding carboxylic acids is 1. The van der Waals surface area contributed by atoms with Crippen LogP contribution in [0.1, 0.15) is 27.7 Å². The number of rotatable bonds is 5. The van der Waals surface area contributed by atoms with Crippen molar-refractivity contribution in [2.45, 2.75) is 27.7 Å². The standard InChI is InChI=1S/C16H23FN2O/c1-15(2)13(16(15,3)4)9-18-10-14(20)19-12-8-6-5-7-11(12)17/h5-8,13,18H,9-10H2,1-4H3,(H,19,20). The fourth-order valence-electron chi connectivity index (χ4n) is 2.93. The third-order valence-electron chi connectivity index (χ3n) is 5.10. The third-order valence-corrected chi connectivity index (χ3v) is 5.10. The van der Waals surface area contributed by atoms with E-state index < -0.39 is 5.82 Å². The fraction of sp³-hybridized carbons (Fsp3) is 0.562. The first-order valence-corrected chi connectivity index (χ1v) is 7.02. The molecule has 2 rings (SSSR count). The van der Waals surface area contributed by atoms with Crippen LogP contribution in [0.2, 0.25) is 0 Å². The number of halogens is 1. The molecule has 0 heterocycles. The second-order valence-electron chi connectivity index (χ2n) is 6.65. The van der Waals surface area contributed by atoms with Gasteiger partial charge in [0, 0.05) is 0 Å². The molecule has 1 aliphatic carbocycles. The molecule has 0 spiro atoms. The van der Waals surface area contributed by atoms with Crippen molar-refractivity contribution in [2.75, 3.05) is 18.4 Å². The molecule has 3 nitrogen and oxygen atoms in total. The molecule has 2 N–H and O–H groups in total. The molecule has 110 valence electrons. The van der Waals surface area contributed by atoms with Crippen LogP contribution in [-0.2, 0) is 4.79 Å². The minimum Gasteiger partial charge on any atom is -0.322 e. The average Bonchev–Trinajstić information content (AvgIpc) is 2.74. The van der Waals surface area contributed by atoms with Gasteiger partial charge in [0.05, 0.1) is 12.2 Å². The monoisotopic (exact) mass is 278 g/mol. The molecule has 20 heavy (non-hydrogen) atoms. The molecule has 1 saturated carbocycles. The van der Waals surface area contributed by atoms with Crippen molar-refractivity contribution in [1.29, 1.82) is 0 Å². The van der Waals surface area contributed by atoms with Gasteiger partial charge in [-0.3, -0.25) is 4.79 Å². The molecular weight excluding hydrogens is 255 g/mol. The van der Waals surface area contributed by atoms with E-state index in [9.17, 15) is 9.18 Å². The van der Waals surface area contributed by atoms with Gasteiger partial charge in [0.1, 0.15) is 5.82 Å². The Morgan fingerprint density at radius 3 is 2.35 bits per heavy atom. The number of hydrogen-bond acceptors (Lipinski definition) is 2. The summed E-state index contributed by atoms with van der Waals surface area (Å²) in [5.74, 6) is -0.0621. The Balaban J connectivity index is 1.76. The maximum atomic E-state index is 13.4. The van der Waals surface area contributed by atoms with Crippen LogP contribution in [0, 0.1) is 22.6 Å². The van der Waals surface area contributed by atoms with Gasteiger partial charge in [-0.05, 0) is 35.4 Å². The predicted molar refractivity (Wildman–Crippen MR) is 79.0 cm³/mol. The van der Waals surface area contributed by atoms with Gasteiger partial charge >= 0.3 is 0 Å². The molecule has 0 aliphatic heterocycles. The third kappa shape index (κ3) is 2.70. The smallest absolute Gasteiger partial charge is 0.238 e. The van der Waals surface area contributed by atoms with Crippen LogP contribution in [0.25, 0.3) is 0 Å². The average molecular weight is 278 g/mol. The zero-order valence-electron chi connectivity index (χ0n) is 12.6. The SMILES string of the molecule is CC1(C)C(CNCC(=O)Nc2ccccc2F)C1(C)C. The summed E-state index contributed by atoms with van der Waals surface area (Å²) in [6.07, 6.45) is 0. The molecule has 0 saturated heterocycles. The summed E-state index contributed by atoms with van der Waals surface area (Å²) in [7, 11) is 0. The van der Waals surface area contributed by atoms with Gasteiger partial charge in [-0.15, -0.1) is 0 Å². The molecule has 0 unspecified atom stereocenters. The van der Waals surface area contributed by atoms with Crippen molar-refractivity contribution in [3.05, 3.63) is 30.1 Å². The highest BCUT2D eigenvalue weighted by molar-refractivity contribution is 5.92. The Morgan fingerprint density at radius 2 is 1.80 bits per heavy atom. The minimum absolute atomic E-state index is 0.205. The normalized spacial score (nSPS) is 19.6. The first-order valence-electron chi connectivity index (χ1n) is 7.02. The van der Waals surface area contributed by atoms with Crippen molar-refractivity contribution in [2.24, 2.45) is 16.7 Å². The summed E-state index contributed by atoms with van der Waals surface area (Å²) in [6, 6.07) is 6.18. The highest BCUT2D eigenvalue weighted by Gasteiger charge is 2.63. The highest BCUT2D eigenvalue weighted by Crippen LogP contribution is 2.67. The van der Waals surface area contributed by atoms with Crippen LogP contribution in [0.5, 0.6) is 0 Å². The summed E-state index contributed by atoms with van der Waals surface area (Å²) in [6.45, 7) is 10.0.